The Morgan fingerprint density at radius 3 is 2.41 bits per heavy atom. The molecular formula is C25H39FN4O2. The van der Waals surface area contributed by atoms with Crippen molar-refractivity contribution in [3.8, 4) is 0 Å². The van der Waals surface area contributed by atoms with Crippen molar-refractivity contribution in [2.24, 2.45) is 5.92 Å². The molecule has 7 heteroatoms. The van der Waals surface area contributed by atoms with Gasteiger partial charge in [0, 0.05) is 51.2 Å². The molecule has 0 aliphatic carbocycles. The number of carbonyl (C=O) groups is 1. The molecule has 6 nitrogen and oxygen atoms in total. The molecule has 2 atom stereocenters. The van der Waals surface area contributed by atoms with Crippen molar-refractivity contribution in [2.75, 3.05) is 71.4 Å². The van der Waals surface area contributed by atoms with Crippen LogP contribution in [-0.2, 0) is 9.53 Å². The van der Waals surface area contributed by atoms with E-state index >= 15 is 0 Å². The first-order valence-electron chi connectivity index (χ1n) is 12.3. The van der Waals surface area contributed by atoms with E-state index in [2.05, 4.69) is 26.6 Å². The molecule has 1 aromatic carbocycles. The van der Waals surface area contributed by atoms with Crippen molar-refractivity contribution in [3.05, 3.63) is 30.1 Å². The van der Waals surface area contributed by atoms with Crippen LogP contribution in [0.15, 0.2) is 24.3 Å². The van der Waals surface area contributed by atoms with Gasteiger partial charge in [-0.15, -0.1) is 0 Å². The van der Waals surface area contributed by atoms with Crippen LogP contribution in [0, 0.1) is 11.7 Å². The summed E-state index contributed by atoms with van der Waals surface area (Å²) in [6.07, 6.45) is 5.01. The van der Waals surface area contributed by atoms with Crippen molar-refractivity contribution in [2.45, 2.75) is 44.2 Å². The summed E-state index contributed by atoms with van der Waals surface area (Å²) >= 11 is 0. The molecule has 3 aliphatic rings. The maximum atomic E-state index is 14.2. The Labute approximate surface area is 192 Å². The van der Waals surface area contributed by atoms with E-state index in [0.29, 0.717) is 30.1 Å². The first kappa shape index (κ1) is 23.5. The minimum Gasteiger partial charge on any atom is -0.469 e. The second-order valence-electron chi connectivity index (χ2n) is 9.73. The van der Waals surface area contributed by atoms with Gasteiger partial charge >= 0.3 is 5.97 Å². The Kier molecular flexibility index (Phi) is 8.02. The molecular weight excluding hydrogens is 407 g/mol. The highest BCUT2D eigenvalue weighted by molar-refractivity contribution is 5.69. The Morgan fingerprint density at radius 2 is 1.72 bits per heavy atom. The van der Waals surface area contributed by atoms with Gasteiger partial charge in [0.2, 0.25) is 0 Å². The summed E-state index contributed by atoms with van der Waals surface area (Å²) in [5, 5.41) is 0. The molecule has 1 aromatic rings. The fourth-order valence-electron chi connectivity index (χ4n) is 5.91. The summed E-state index contributed by atoms with van der Waals surface area (Å²) in [6, 6.07) is 8.24. The number of hydrogen-bond acceptors (Lipinski definition) is 6. The maximum Gasteiger partial charge on any atom is 0.305 e. The van der Waals surface area contributed by atoms with Gasteiger partial charge in [-0.05, 0) is 70.4 Å². The van der Waals surface area contributed by atoms with E-state index in [0.717, 1.165) is 52.1 Å². The van der Waals surface area contributed by atoms with E-state index in [1.54, 1.807) is 12.1 Å². The number of piperazine rings is 1. The summed E-state index contributed by atoms with van der Waals surface area (Å²) in [6.45, 7) is 8.15. The highest BCUT2D eigenvalue weighted by Crippen LogP contribution is 2.31. The van der Waals surface area contributed by atoms with Gasteiger partial charge in [-0.25, -0.2) is 4.39 Å². The third-order valence-electron chi connectivity index (χ3n) is 7.85. The Balaban J connectivity index is 1.38. The molecule has 0 aromatic heterocycles. The van der Waals surface area contributed by atoms with E-state index in [-0.39, 0.29) is 11.8 Å². The number of anilines is 1. The molecule has 0 saturated carbocycles. The average Bonchev–Trinajstić information content (AvgIpc) is 2.83. The van der Waals surface area contributed by atoms with Crippen LogP contribution in [0.3, 0.4) is 0 Å². The molecule has 32 heavy (non-hydrogen) atoms. The minimum atomic E-state index is -0.136. The lowest BCUT2D eigenvalue weighted by molar-refractivity contribution is -0.141. The number of ether oxygens (including phenoxy) is 1. The van der Waals surface area contributed by atoms with Crippen molar-refractivity contribution < 1.29 is 13.9 Å². The third kappa shape index (κ3) is 5.61. The van der Waals surface area contributed by atoms with Crippen LogP contribution < -0.4 is 4.90 Å². The lowest BCUT2D eigenvalue weighted by atomic mass is 9.85. The van der Waals surface area contributed by atoms with E-state index in [4.69, 9.17) is 4.74 Å². The first-order valence-corrected chi connectivity index (χ1v) is 12.3. The predicted octanol–water partition coefficient (Wildman–Crippen LogP) is 2.69. The molecule has 3 heterocycles. The molecule has 3 fully saturated rings. The van der Waals surface area contributed by atoms with Gasteiger partial charge in [-0.3, -0.25) is 14.6 Å². The number of rotatable bonds is 6. The van der Waals surface area contributed by atoms with E-state index in [1.165, 1.54) is 33.0 Å². The van der Waals surface area contributed by atoms with Crippen LogP contribution in [0.5, 0.6) is 0 Å². The van der Waals surface area contributed by atoms with Gasteiger partial charge in [0.1, 0.15) is 5.82 Å². The van der Waals surface area contributed by atoms with Gasteiger partial charge in [-0.1, -0.05) is 12.1 Å². The number of piperidine rings is 2. The second kappa shape index (κ2) is 10.9. The topological polar surface area (TPSA) is 39.3 Å². The maximum absolute atomic E-state index is 14.2. The second-order valence-corrected chi connectivity index (χ2v) is 9.73. The fourth-order valence-corrected chi connectivity index (χ4v) is 5.91. The van der Waals surface area contributed by atoms with Crippen LogP contribution in [0.2, 0.25) is 0 Å². The predicted molar refractivity (Wildman–Crippen MR) is 125 cm³/mol. The van der Waals surface area contributed by atoms with Crippen molar-refractivity contribution in [1.82, 2.24) is 14.7 Å². The van der Waals surface area contributed by atoms with Crippen LogP contribution in [0.4, 0.5) is 10.1 Å². The molecule has 0 bridgehead atoms. The number of para-hydroxylation sites is 1. The molecule has 3 aliphatic heterocycles. The molecule has 0 N–H and O–H groups in total. The first-order chi connectivity index (χ1) is 15.5. The quantitative estimate of drug-likeness (QED) is 0.626. The summed E-state index contributed by atoms with van der Waals surface area (Å²) < 4.78 is 19.2. The van der Waals surface area contributed by atoms with Crippen molar-refractivity contribution in [1.29, 1.82) is 0 Å². The van der Waals surface area contributed by atoms with Gasteiger partial charge < -0.3 is 14.5 Å². The summed E-state index contributed by atoms with van der Waals surface area (Å²) in [5.74, 6) is 0.232. The number of halogens is 1. The Hall–Kier alpha value is -1.70. The van der Waals surface area contributed by atoms with Crippen LogP contribution >= 0.6 is 0 Å². The summed E-state index contributed by atoms with van der Waals surface area (Å²) in [7, 11) is 3.69. The SMILES string of the molecule is COC(=O)CC[C@@H]1CN(C2CCN(C)CC2)CC[C@@H]1N1CCN(c2ccccc2F)CC1. The van der Waals surface area contributed by atoms with Crippen molar-refractivity contribution in [3.63, 3.8) is 0 Å². The van der Waals surface area contributed by atoms with E-state index in [1.807, 2.05) is 12.1 Å². The molecule has 0 radical (unpaired) electrons. The number of methoxy groups -OCH3 is 1. The zero-order valence-electron chi connectivity index (χ0n) is 19.7. The van der Waals surface area contributed by atoms with Gasteiger partial charge in [0.15, 0.2) is 0 Å². The Morgan fingerprint density at radius 1 is 1.00 bits per heavy atom. The van der Waals surface area contributed by atoms with Crippen LogP contribution in [0.1, 0.15) is 32.1 Å². The molecule has 0 spiro atoms. The standard InChI is InChI=1S/C25H39FN4O2/c1-27-12-9-21(10-13-27)30-14-11-23(20(19-30)7-8-25(31)32-2)28-15-17-29(18-16-28)24-6-4-3-5-22(24)26/h3-6,20-21,23H,7-19H2,1-2H3/t20-,23+/m1/s1. The largest absolute Gasteiger partial charge is 0.469 e. The number of benzene rings is 1. The zero-order chi connectivity index (χ0) is 22.5. The van der Waals surface area contributed by atoms with Gasteiger partial charge in [0.25, 0.3) is 0 Å². The third-order valence-corrected chi connectivity index (χ3v) is 7.85. The fraction of sp³-hybridized carbons (Fsp3) is 0.720. The lowest BCUT2D eigenvalue weighted by Gasteiger charge is -2.49. The summed E-state index contributed by atoms with van der Waals surface area (Å²) in [5.41, 5.74) is 0.714. The number of esters is 1. The van der Waals surface area contributed by atoms with Gasteiger partial charge in [0.05, 0.1) is 12.8 Å². The molecule has 4 rings (SSSR count). The number of likely N-dealkylation sites (tertiary alicyclic amines) is 2. The van der Waals surface area contributed by atoms with Crippen LogP contribution in [0.25, 0.3) is 0 Å². The average molecular weight is 447 g/mol. The Bertz CT molecular complexity index is 747. The highest BCUT2D eigenvalue weighted by atomic mass is 19.1. The number of nitrogens with zero attached hydrogens (tertiary/aromatic N) is 4. The number of carbonyl (C=O) groups excluding carboxylic acids is 1. The molecule has 3 saturated heterocycles. The minimum absolute atomic E-state index is 0.107. The normalized spacial score (nSPS) is 26.9. The van der Waals surface area contributed by atoms with Crippen LogP contribution in [-0.4, -0.2) is 99.3 Å². The van der Waals surface area contributed by atoms with Gasteiger partial charge in [-0.2, -0.15) is 0 Å². The lowest BCUT2D eigenvalue weighted by Crippen LogP contribution is -2.58. The van der Waals surface area contributed by atoms with E-state index in [9.17, 15) is 9.18 Å². The summed E-state index contributed by atoms with van der Waals surface area (Å²) in [4.78, 5) is 21.8. The molecule has 178 valence electrons. The molecule has 0 unspecified atom stereocenters. The smallest absolute Gasteiger partial charge is 0.305 e. The number of hydrogen-bond donors (Lipinski definition) is 0. The highest BCUT2D eigenvalue weighted by Gasteiger charge is 2.37. The molecule has 0 amide bonds. The monoisotopic (exact) mass is 446 g/mol. The van der Waals surface area contributed by atoms with E-state index < -0.39 is 0 Å². The zero-order valence-corrected chi connectivity index (χ0v) is 19.7. The van der Waals surface area contributed by atoms with Crippen molar-refractivity contribution >= 4 is 11.7 Å².